The fourth-order valence-electron chi connectivity index (χ4n) is 1.80. The number of nitrogens with one attached hydrogen (secondary N) is 2. The van der Waals surface area contributed by atoms with Gasteiger partial charge in [0.15, 0.2) is 0 Å². The molecule has 0 aliphatic rings. The second kappa shape index (κ2) is 7.95. The molecule has 1 rings (SSSR count). The first kappa shape index (κ1) is 17.4. The second-order valence-electron chi connectivity index (χ2n) is 4.64. The molecule has 20 heavy (non-hydrogen) atoms. The highest BCUT2D eigenvalue weighted by Gasteiger charge is 2.21. The van der Waals surface area contributed by atoms with E-state index in [0.717, 1.165) is 18.5 Å². The van der Waals surface area contributed by atoms with Crippen molar-refractivity contribution in [2.24, 2.45) is 0 Å². The Bertz CT molecular complexity index is 522. The molecule has 1 unspecified atom stereocenters. The number of hydrogen-bond donors (Lipinski definition) is 2. The van der Waals surface area contributed by atoms with E-state index >= 15 is 0 Å². The maximum Gasteiger partial charge on any atom is 0.279 e. The minimum absolute atomic E-state index is 0.375. The van der Waals surface area contributed by atoms with Gasteiger partial charge in [-0.15, -0.1) is 0 Å². The van der Waals surface area contributed by atoms with E-state index in [-0.39, 0.29) is 6.04 Å². The van der Waals surface area contributed by atoms with Gasteiger partial charge in [-0.25, -0.2) is 0 Å². The van der Waals surface area contributed by atoms with Crippen molar-refractivity contribution >= 4 is 21.8 Å². The molecule has 114 valence electrons. The van der Waals surface area contributed by atoms with Crippen molar-refractivity contribution in [3.05, 3.63) is 34.9 Å². The summed E-state index contributed by atoms with van der Waals surface area (Å²) in [4.78, 5) is 0. The largest absolute Gasteiger partial charge is 0.320 e. The van der Waals surface area contributed by atoms with Crippen molar-refractivity contribution in [3.63, 3.8) is 0 Å². The van der Waals surface area contributed by atoms with Gasteiger partial charge in [0.2, 0.25) is 0 Å². The lowest BCUT2D eigenvalue weighted by atomic mass is 10.1. The molecule has 0 saturated heterocycles. The lowest BCUT2D eigenvalue weighted by Crippen LogP contribution is -2.40. The van der Waals surface area contributed by atoms with Gasteiger partial charge in [0.05, 0.1) is 0 Å². The highest BCUT2D eigenvalue weighted by atomic mass is 35.5. The van der Waals surface area contributed by atoms with E-state index in [9.17, 15) is 8.42 Å². The summed E-state index contributed by atoms with van der Waals surface area (Å²) in [5, 5.41) is 3.55. The van der Waals surface area contributed by atoms with Crippen LogP contribution in [-0.2, 0) is 10.2 Å². The number of hydrogen-bond acceptors (Lipinski definition) is 3. The minimum atomic E-state index is -3.51. The van der Waals surface area contributed by atoms with E-state index in [4.69, 9.17) is 11.6 Å². The molecule has 0 bridgehead atoms. The molecule has 7 heteroatoms. The zero-order valence-electron chi connectivity index (χ0n) is 12.1. The second-order valence-corrected chi connectivity index (χ2v) is 6.86. The maximum absolute atomic E-state index is 12.2. The zero-order chi connectivity index (χ0) is 15.2. The molecule has 0 saturated carbocycles. The van der Waals surface area contributed by atoms with Crippen molar-refractivity contribution < 1.29 is 8.42 Å². The predicted octanol–water partition coefficient (Wildman–Crippen LogP) is 1.78. The highest BCUT2D eigenvalue weighted by Crippen LogP contribution is 2.22. The maximum atomic E-state index is 12.2. The van der Waals surface area contributed by atoms with E-state index in [0.29, 0.717) is 11.6 Å². The molecule has 0 aliphatic carbocycles. The molecule has 5 nitrogen and oxygen atoms in total. The molecule has 1 aromatic rings. The summed E-state index contributed by atoms with van der Waals surface area (Å²) >= 11 is 6.07. The number of benzene rings is 1. The van der Waals surface area contributed by atoms with Crippen molar-refractivity contribution in [3.8, 4) is 0 Å². The fraction of sp³-hybridized carbons (Fsp3) is 0.538. The smallest absolute Gasteiger partial charge is 0.279 e. The van der Waals surface area contributed by atoms with Gasteiger partial charge in [0.1, 0.15) is 0 Å². The minimum Gasteiger partial charge on any atom is -0.320 e. The molecule has 0 heterocycles. The van der Waals surface area contributed by atoms with Gasteiger partial charge in [-0.2, -0.15) is 17.4 Å². The third kappa shape index (κ3) is 5.03. The monoisotopic (exact) mass is 319 g/mol. The molecule has 0 fully saturated rings. The summed E-state index contributed by atoms with van der Waals surface area (Å²) < 4.78 is 28.3. The van der Waals surface area contributed by atoms with Crippen LogP contribution >= 0.6 is 11.6 Å². The van der Waals surface area contributed by atoms with Crippen LogP contribution in [0.3, 0.4) is 0 Å². The number of rotatable bonds is 8. The van der Waals surface area contributed by atoms with Gasteiger partial charge < -0.3 is 5.32 Å². The van der Waals surface area contributed by atoms with Crippen LogP contribution in [-0.4, -0.2) is 39.9 Å². The Morgan fingerprint density at radius 2 is 2.00 bits per heavy atom. The first-order valence-corrected chi connectivity index (χ1v) is 8.33. The van der Waals surface area contributed by atoms with Gasteiger partial charge in [-0.1, -0.05) is 29.8 Å². The zero-order valence-corrected chi connectivity index (χ0v) is 13.6. The van der Waals surface area contributed by atoms with Crippen LogP contribution in [0.5, 0.6) is 0 Å². The van der Waals surface area contributed by atoms with E-state index in [2.05, 4.69) is 10.0 Å². The van der Waals surface area contributed by atoms with Crippen molar-refractivity contribution in [2.45, 2.75) is 19.4 Å². The standard InChI is InChI=1S/C13H22ClN3O2S/c1-11(12-7-4-5-8-13(12)14)16-20(18,19)17(3)10-6-9-15-2/h4-5,7-8,11,15-16H,6,9-10H2,1-3H3. The number of halogens is 1. The average molecular weight is 320 g/mol. The molecule has 2 N–H and O–H groups in total. The number of nitrogens with zero attached hydrogens (tertiary/aromatic N) is 1. The first-order chi connectivity index (χ1) is 9.38. The van der Waals surface area contributed by atoms with Gasteiger partial charge in [0, 0.05) is 24.7 Å². The third-order valence-electron chi connectivity index (χ3n) is 3.01. The molecule has 0 radical (unpaired) electrons. The van der Waals surface area contributed by atoms with E-state index in [1.165, 1.54) is 4.31 Å². The van der Waals surface area contributed by atoms with Gasteiger partial charge in [-0.3, -0.25) is 0 Å². The Morgan fingerprint density at radius 3 is 2.60 bits per heavy atom. The topological polar surface area (TPSA) is 61.4 Å². The van der Waals surface area contributed by atoms with Crippen molar-refractivity contribution in [1.82, 2.24) is 14.3 Å². The summed E-state index contributed by atoms with van der Waals surface area (Å²) in [6.07, 6.45) is 0.758. The summed E-state index contributed by atoms with van der Waals surface area (Å²) in [5.74, 6) is 0. The quantitative estimate of drug-likeness (QED) is 0.718. The predicted molar refractivity (Wildman–Crippen MR) is 83.1 cm³/mol. The lowest BCUT2D eigenvalue weighted by Gasteiger charge is -2.21. The van der Waals surface area contributed by atoms with Crippen molar-refractivity contribution in [2.75, 3.05) is 27.2 Å². The van der Waals surface area contributed by atoms with Crippen LogP contribution in [0.15, 0.2) is 24.3 Å². The van der Waals surface area contributed by atoms with Crippen LogP contribution in [0.1, 0.15) is 24.9 Å². The summed E-state index contributed by atoms with van der Waals surface area (Å²) in [7, 11) is -0.102. The summed E-state index contributed by atoms with van der Waals surface area (Å²) in [5.41, 5.74) is 0.765. The van der Waals surface area contributed by atoms with Crippen LogP contribution in [0.2, 0.25) is 5.02 Å². The molecular weight excluding hydrogens is 298 g/mol. The first-order valence-electron chi connectivity index (χ1n) is 6.51. The van der Waals surface area contributed by atoms with Crippen LogP contribution in [0.25, 0.3) is 0 Å². The fourth-order valence-corrected chi connectivity index (χ4v) is 3.22. The van der Waals surface area contributed by atoms with E-state index in [1.54, 1.807) is 20.0 Å². The SMILES string of the molecule is CNCCCN(C)S(=O)(=O)NC(C)c1ccccc1Cl. The van der Waals surface area contributed by atoms with Gasteiger partial charge in [-0.05, 0) is 38.6 Å². The van der Waals surface area contributed by atoms with Crippen LogP contribution in [0, 0.1) is 0 Å². The van der Waals surface area contributed by atoms with Gasteiger partial charge >= 0.3 is 0 Å². The Balaban J connectivity index is 2.68. The van der Waals surface area contributed by atoms with Crippen LogP contribution in [0.4, 0.5) is 0 Å². The highest BCUT2D eigenvalue weighted by molar-refractivity contribution is 7.87. The molecule has 1 atom stereocenters. The third-order valence-corrected chi connectivity index (χ3v) is 5.01. The Hall–Kier alpha value is -0.660. The summed E-state index contributed by atoms with van der Waals surface area (Å²) in [6.45, 7) is 3.02. The molecule has 0 aromatic heterocycles. The normalized spacial score (nSPS) is 13.7. The lowest BCUT2D eigenvalue weighted by molar-refractivity contribution is 0.441. The van der Waals surface area contributed by atoms with Crippen LogP contribution < -0.4 is 10.0 Å². The molecule has 1 aromatic carbocycles. The van der Waals surface area contributed by atoms with Gasteiger partial charge in [0.25, 0.3) is 10.2 Å². The van der Waals surface area contributed by atoms with Crippen molar-refractivity contribution in [1.29, 1.82) is 0 Å². The molecule has 0 spiro atoms. The van der Waals surface area contributed by atoms with E-state index in [1.807, 2.05) is 25.2 Å². The molecular formula is C13H22ClN3O2S. The average Bonchev–Trinajstić information content (AvgIpc) is 2.38. The molecule has 0 aliphatic heterocycles. The Labute approximate surface area is 126 Å². The van der Waals surface area contributed by atoms with E-state index < -0.39 is 10.2 Å². The molecule has 0 amide bonds. The Morgan fingerprint density at radius 1 is 1.35 bits per heavy atom. The Kier molecular flexibility index (Phi) is 6.91. The summed E-state index contributed by atoms with van der Waals surface area (Å²) in [6, 6.07) is 6.84.